The topological polar surface area (TPSA) is 51.2 Å². The van der Waals surface area contributed by atoms with Gasteiger partial charge in [-0.2, -0.15) is 0 Å². The van der Waals surface area contributed by atoms with Crippen LogP contribution in [-0.4, -0.2) is 86.5 Å². The van der Waals surface area contributed by atoms with Crippen molar-refractivity contribution >= 4 is 23.2 Å². The summed E-state index contributed by atoms with van der Waals surface area (Å²) in [6, 6.07) is 4.24. The minimum atomic E-state index is 0.0287. The molecule has 0 atom stereocenters. The molecule has 1 aromatic rings. The first-order chi connectivity index (χ1) is 12.5. The third-order valence-electron chi connectivity index (χ3n) is 4.39. The molecule has 1 saturated heterocycles. The summed E-state index contributed by atoms with van der Waals surface area (Å²) in [5.74, 6) is 1.58. The van der Waals surface area contributed by atoms with Crippen molar-refractivity contribution in [3.8, 4) is 0 Å². The second kappa shape index (κ2) is 10.5. The van der Waals surface area contributed by atoms with Crippen molar-refractivity contribution in [3.05, 3.63) is 22.4 Å². The van der Waals surface area contributed by atoms with Crippen molar-refractivity contribution in [1.82, 2.24) is 20.0 Å². The molecular weight excluding hydrogens is 346 g/mol. The Morgan fingerprint density at radius 2 is 2.04 bits per heavy atom. The number of piperazine rings is 1. The van der Waals surface area contributed by atoms with E-state index in [0.29, 0.717) is 5.92 Å². The van der Waals surface area contributed by atoms with E-state index in [1.807, 2.05) is 0 Å². The fourth-order valence-electron chi connectivity index (χ4n) is 2.96. The van der Waals surface area contributed by atoms with Gasteiger partial charge in [0.25, 0.3) is 0 Å². The second-order valence-corrected chi connectivity index (χ2v) is 8.40. The minimum absolute atomic E-state index is 0.0287. The van der Waals surface area contributed by atoms with E-state index in [0.717, 1.165) is 51.6 Å². The molecule has 26 heavy (non-hydrogen) atoms. The Morgan fingerprint density at radius 3 is 2.62 bits per heavy atom. The fourth-order valence-corrected chi connectivity index (χ4v) is 3.67. The maximum atomic E-state index is 11.9. The average molecular weight is 380 g/mol. The van der Waals surface area contributed by atoms with Crippen molar-refractivity contribution in [2.45, 2.75) is 20.3 Å². The highest BCUT2D eigenvalue weighted by Gasteiger charge is 2.20. The van der Waals surface area contributed by atoms with Crippen LogP contribution in [0.2, 0.25) is 0 Å². The smallest absolute Gasteiger partial charge is 0.243 e. The lowest BCUT2D eigenvalue weighted by Gasteiger charge is -2.37. The van der Waals surface area contributed by atoms with Crippen LogP contribution in [0.15, 0.2) is 22.5 Å². The van der Waals surface area contributed by atoms with Crippen LogP contribution in [0.25, 0.3) is 0 Å². The predicted molar refractivity (Wildman–Crippen MR) is 110 cm³/mol. The van der Waals surface area contributed by atoms with E-state index >= 15 is 0 Å². The van der Waals surface area contributed by atoms with E-state index in [1.165, 1.54) is 4.88 Å². The summed E-state index contributed by atoms with van der Waals surface area (Å²) < 4.78 is 0. The zero-order valence-electron chi connectivity index (χ0n) is 16.6. The van der Waals surface area contributed by atoms with Crippen molar-refractivity contribution in [3.63, 3.8) is 0 Å². The molecule has 1 N–H and O–H groups in total. The number of likely N-dealkylation sites (N-methyl/N-ethyl adjacent to an activating group) is 1. The number of carbonyl (C=O) groups excluding carboxylic acids is 1. The zero-order chi connectivity index (χ0) is 18.9. The SMILES string of the molecule is CC(C)CN1CCN(C(=NCC(=O)N(C)C)NCCc2cccs2)CC1. The molecule has 7 heteroatoms. The van der Waals surface area contributed by atoms with Gasteiger partial charge in [-0.3, -0.25) is 9.69 Å². The third kappa shape index (κ3) is 6.96. The highest BCUT2D eigenvalue weighted by Crippen LogP contribution is 2.09. The van der Waals surface area contributed by atoms with E-state index in [4.69, 9.17) is 0 Å². The molecule has 2 rings (SSSR count). The summed E-state index contributed by atoms with van der Waals surface area (Å²) in [5.41, 5.74) is 0. The van der Waals surface area contributed by atoms with Gasteiger partial charge in [-0.15, -0.1) is 11.3 Å². The summed E-state index contributed by atoms with van der Waals surface area (Å²) >= 11 is 1.78. The van der Waals surface area contributed by atoms with Crippen molar-refractivity contribution in [2.24, 2.45) is 10.9 Å². The summed E-state index contributed by atoms with van der Waals surface area (Å²) in [6.45, 7) is 10.7. The Labute approximate surface area is 161 Å². The molecule has 1 aliphatic rings. The highest BCUT2D eigenvalue weighted by atomic mass is 32.1. The van der Waals surface area contributed by atoms with Gasteiger partial charge >= 0.3 is 0 Å². The van der Waals surface area contributed by atoms with Gasteiger partial charge in [-0.1, -0.05) is 19.9 Å². The van der Waals surface area contributed by atoms with Gasteiger partial charge in [0.15, 0.2) is 5.96 Å². The Hall–Kier alpha value is -1.60. The standard InChI is InChI=1S/C19H33N5OS/c1-16(2)15-23-9-11-24(12-10-23)19(21-14-18(25)22(3)4)20-8-7-17-6-5-13-26-17/h5-6,13,16H,7-12,14-15H2,1-4H3,(H,20,21). The monoisotopic (exact) mass is 379 g/mol. The van der Waals surface area contributed by atoms with Crippen LogP contribution in [0, 0.1) is 5.92 Å². The van der Waals surface area contributed by atoms with Gasteiger partial charge < -0.3 is 15.1 Å². The molecule has 1 fully saturated rings. The lowest BCUT2D eigenvalue weighted by molar-refractivity contribution is -0.127. The first-order valence-electron chi connectivity index (χ1n) is 9.44. The van der Waals surface area contributed by atoms with Crippen LogP contribution in [0.1, 0.15) is 18.7 Å². The molecule has 0 bridgehead atoms. The first-order valence-corrected chi connectivity index (χ1v) is 10.3. The molecule has 6 nitrogen and oxygen atoms in total. The summed E-state index contributed by atoms with van der Waals surface area (Å²) in [7, 11) is 3.54. The predicted octanol–water partition coefficient (Wildman–Crippen LogP) is 1.60. The molecule has 1 aromatic heterocycles. The van der Waals surface area contributed by atoms with Gasteiger partial charge in [0.2, 0.25) is 5.91 Å². The molecule has 1 amide bonds. The van der Waals surface area contributed by atoms with E-state index in [9.17, 15) is 4.79 Å². The van der Waals surface area contributed by atoms with Gasteiger partial charge in [0.1, 0.15) is 6.54 Å². The van der Waals surface area contributed by atoms with Crippen LogP contribution < -0.4 is 5.32 Å². The molecule has 2 heterocycles. The van der Waals surface area contributed by atoms with E-state index in [1.54, 1.807) is 30.3 Å². The normalized spacial score (nSPS) is 16.2. The van der Waals surface area contributed by atoms with Gasteiger partial charge in [-0.05, 0) is 23.8 Å². The number of nitrogens with zero attached hydrogens (tertiary/aromatic N) is 4. The molecule has 0 radical (unpaired) electrons. The molecule has 146 valence electrons. The summed E-state index contributed by atoms with van der Waals surface area (Å²) in [6.07, 6.45) is 0.978. The number of thiophene rings is 1. The maximum Gasteiger partial charge on any atom is 0.243 e. The molecule has 0 spiro atoms. The Kier molecular flexibility index (Phi) is 8.38. The number of carbonyl (C=O) groups is 1. The van der Waals surface area contributed by atoms with Crippen LogP contribution in [0.4, 0.5) is 0 Å². The number of amides is 1. The van der Waals surface area contributed by atoms with E-state index in [-0.39, 0.29) is 12.5 Å². The number of guanidine groups is 1. The van der Waals surface area contributed by atoms with Crippen LogP contribution >= 0.6 is 11.3 Å². The molecule has 0 aliphatic carbocycles. The number of rotatable bonds is 7. The van der Waals surface area contributed by atoms with Gasteiger partial charge in [0.05, 0.1) is 0 Å². The number of hydrogen-bond donors (Lipinski definition) is 1. The highest BCUT2D eigenvalue weighted by molar-refractivity contribution is 7.09. The van der Waals surface area contributed by atoms with Crippen LogP contribution in [0.3, 0.4) is 0 Å². The van der Waals surface area contributed by atoms with Crippen LogP contribution in [-0.2, 0) is 11.2 Å². The second-order valence-electron chi connectivity index (χ2n) is 7.37. The Balaban J connectivity index is 1.91. The number of aliphatic imine (C=N–C) groups is 1. The lowest BCUT2D eigenvalue weighted by atomic mass is 10.2. The quantitative estimate of drug-likeness (QED) is 0.578. The van der Waals surface area contributed by atoms with Gasteiger partial charge in [-0.25, -0.2) is 4.99 Å². The van der Waals surface area contributed by atoms with E-state index < -0.39 is 0 Å². The van der Waals surface area contributed by atoms with Crippen molar-refractivity contribution < 1.29 is 4.79 Å². The fraction of sp³-hybridized carbons (Fsp3) is 0.684. The van der Waals surface area contributed by atoms with Gasteiger partial charge in [0, 0.05) is 58.2 Å². The number of hydrogen-bond acceptors (Lipinski definition) is 4. The largest absolute Gasteiger partial charge is 0.356 e. The summed E-state index contributed by atoms with van der Waals surface area (Å²) in [5, 5.41) is 5.58. The van der Waals surface area contributed by atoms with Crippen molar-refractivity contribution in [2.75, 3.05) is 59.9 Å². The molecule has 0 aromatic carbocycles. The minimum Gasteiger partial charge on any atom is -0.356 e. The molecular formula is C19H33N5OS. The van der Waals surface area contributed by atoms with Crippen molar-refractivity contribution in [1.29, 1.82) is 0 Å². The summed E-state index contributed by atoms with van der Waals surface area (Å²) in [4.78, 5) is 24.3. The Bertz CT molecular complexity index is 562. The Morgan fingerprint density at radius 1 is 1.31 bits per heavy atom. The molecule has 1 aliphatic heterocycles. The van der Waals surface area contributed by atoms with Crippen LogP contribution in [0.5, 0.6) is 0 Å². The lowest BCUT2D eigenvalue weighted by Crippen LogP contribution is -2.53. The maximum absolute atomic E-state index is 11.9. The van der Waals surface area contributed by atoms with E-state index in [2.05, 4.69) is 51.5 Å². The zero-order valence-corrected chi connectivity index (χ0v) is 17.4. The average Bonchev–Trinajstić information content (AvgIpc) is 3.11. The molecule has 0 unspecified atom stereocenters. The number of nitrogens with one attached hydrogen (secondary N) is 1. The first kappa shape index (κ1) is 20.7. The third-order valence-corrected chi connectivity index (χ3v) is 5.33. The molecule has 0 saturated carbocycles.